The zero-order chi connectivity index (χ0) is 30.5. The van der Waals surface area contributed by atoms with Crippen LogP contribution in [0.25, 0.3) is 16.9 Å². The van der Waals surface area contributed by atoms with E-state index in [1.807, 2.05) is 65.6 Å². The van der Waals surface area contributed by atoms with Gasteiger partial charge in [0.1, 0.15) is 22.9 Å². The Morgan fingerprint density at radius 3 is 1.84 bits per heavy atom. The molecule has 6 rings (SSSR count). The molecule has 5 aromatic rings. The second kappa shape index (κ2) is 13.1. The second-order valence-corrected chi connectivity index (χ2v) is 10.6. The van der Waals surface area contributed by atoms with Gasteiger partial charge < -0.3 is 19.1 Å². The summed E-state index contributed by atoms with van der Waals surface area (Å²) in [5, 5.41) is 4.91. The summed E-state index contributed by atoms with van der Waals surface area (Å²) < 4.78 is 18.1. The van der Waals surface area contributed by atoms with Gasteiger partial charge in [-0.3, -0.25) is 9.69 Å². The maximum absolute atomic E-state index is 14.2. The third kappa shape index (κ3) is 5.89. The molecule has 8 nitrogen and oxygen atoms in total. The van der Waals surface area contributed by atoms with Gasteiger partial charge in [-0.1, -0.05) is 60.7 Å². The summed E-state index contributed by atoms with van der Waals surface area (Å²) in [7, 11) is 4.86. The number of carbonyl (C=O) groups excluding carboxylic acids is 1. The minimum atomic E-state index is -0.0670. The SMILES string of the molecule is COc1ccc(-n2nc(-c3ccc(OC)cc3OC)cc2C(=O)N2CCN(C(c3ccccc3)c3ccccc3)CC2)cc1. The largest absolute Gasteiger partial charge is 0.497 e. The van der Waals surface area contributed by atoms with Gasteiger partial charge in [-0.05, 0) is 53.6 Å². The molecule has 0 saturated carbocycles. The lowest BCUT2D eigenvalue weighted by atomic mass is 9.96. The number of aromatic nitrogens is 2. The van der Waals surface area contributed by atoms with Crippen molar-refractivity contribution >= 4 is 5.91 Å². The van der Waals surface area contributed by atoms with Crippen molar-refractivity contribution in [3.63, 3.8) is 0 Å². The van der Waals surface area contributed by atoms with E-state index in [0.717, 1.165) is 30.1 Å². The monoisotopic (exact) mass is 588 g/mol. The number of carbonyl (C=O) groups is 1. The van der Waals surface area contributed by atoms with Gasteiger partial charge >= 0.3 is 0 Å². The molecule has 0 atom stereocenters. The smallest absolute Gasteiger partial charge is 0.272 e. The molecule has 1 saturated heterocycles. The second-order valence-electron chi connectivity index (χ2n) is 10.6. The number of hydrogen-bond donors (Lipinski definition) is 0. The first-order valence-corrected chi connectivity index (χ1v) is 14.7. The topological polar surface area (TPSA) is 69.1 Å². The molecule has 1 fully saturated rings. The fourth-order valence-corrected chi connectivity index (χ4v) is 5.83. The third-order valence-electron chi connectivity index (χ3n) is 8.13. The van der Waals surface area contributed by atoms with Gasteiger partial charge in [-0.15, -0.1) is 0 Å². The van der Waals surface area contributed by atoms with Crippen molar-refractivity contribution in [3.05, 3.63) is 126 Å². The van der Waals surface area contributed by atoms with Crippen molar-refractivity contribution in [2.75, 3.05) is 47.5 Å². The van der Waals surface area contributed by atoms with E-state index in [9.17, 15) is 4.79 Å². The van der Waals surface area contributed by atoms with Crippen LogP contribution in [-0.2, 0) is 0 Å². The lowest BCUT2D eigenvalue weighted by Gasteiger charge is -2.39. The number of piperazine rings is 1. The van der Waals surface area contributed by atoms with Crippen molar-refractivity contribution < 1.29 is 19.0 Å². The lowest BCUT2D eigenvalue weighted by molar-refractivity contribution is 0.0588. The van der Waals surface area contributed by atoms with Crippen LogP contribution in [0.3, 0.4) is 0 Å². The number of hydrogen-bond acceptors (Lipinski definition) is 6. The minimum absolute atomic E-state index is 0.0670. The molecule has 1 amide bonds. The first-order chi connectivity index (χ1) is 21.6. The number of rotatable bonds is 9. The average molecular weight is 589 g/mol. The zero-order valence-electron chi connectivity index (χ0n) is 25.2. The first kappa shape index (κ1) is 29.0. The van der Waals surface area contributed by atoms with E-state index in [2.05, 4.69) is 53.4 Å². The molecular weight excluding hydrogens is 552 g/mol. The van der Waals surface area contributed by atoms with Crippen LogP contribution in [0.4, 0.5) is 0 Å². The molecule has 44 heavy (non-hydrogen) atoms. The lowest BCUT2D eigenvalue weighted by Crippen LogP contribution is -2.50. The number of benzene rings is 4. The van der Waals surface area contributed by atoms with Crippen LogP contribution in [0.1, 0.15) is 27.7 Å². The maximum atomic E-state index is 14.2. The molecule has 1 aromatic heterocycles. The Balaban J connectivity index is 1.30. The van der Waals surface area contributed by atoms with E-state index in [4.69, 9.17) is 19.3 Å². The normalized spacial score (nSPS) is 13.6. The molecule has 1 aliphatic rings. The highest BCUT2D eigenvalue weighted by atomic mass is 16.5. The van der Waals surface area contributed by atoms with Gasteiger partial charge in [0.2, 0.25) is 0 Å². The minimum Gasteiger partial charge on any atom is -0.497 e. The van der Waals surface area contributed by atoms with Crippen LogP contribution >= 0.6 is 0 Å². The van der Waals surface area contributed by atoms with Crippen LogP contribution in [0.5, 0.6) is 17.2 Å². The highest BCUT2D eigenvalue weighted by molar-refractivity contribution is 5.94. The fourth-order valence-electron chi connectivity index (χ4n) is 5.83. The summed E-state index contributed by atoms with van der Waals surface area (Å²) in [4.78, 5) is 18.6. The van der Waals surface area contributed by atoms with Gasteiger partial charge in [-0.25, -0.2) is 4.68 Å². The Bertz CT molecular complexity index is 1660. The summed E-state index contributed by atoms with van der Waals surface area (Å²) in [6.07, 6.45) is 0. The van der Waals surface area contributed by atoms with E-state index in [1.54, 1.807) is 26.0 Å². The Kier molecular flexibility index (Phi) is 8.61. The highest BCUT2D eigenvalue weighted by Crippen LogP contribution is 2.34. The van der Waals surface area contributed by atoms with E-state index < -0.39 is 0 Å². The molecule has 224 valence electrons. The number of ether oxygens (including phenoxy) is 3. The Hall–Kier alpha value is -5.08. The highest BCUT2D eigenvalue weighted by Gasteiger charge is 2.30. The van der Waals surface area contributed by atoms with Crippen molar-refractivity contribution in [3.8, 4) is 34.2 Å². The van der Waals surface area contributed by atoms with Gasteiger partial charge in [0.05, 0.1) is 38.8 Å². The van der Waals surface area contributed by atoms with E-state index >= 15 is 0 Å². The molecule has 0 N–H and O–H groups in total. The molecule has 0 aliphatic carbocycles. The fraction of sp³-hybridized carbons (Fsp3) is 0.222. The molecular formula is C36H36N4O4. The predicted molar refractivity (Wildman–Crippen MR) is 171 cm³/mol. The zero-order valence-corrected chi connectivity index (χ0v) is 25.2. The standard InChI is InChI=1S/C36H36N4O4/c1-42-29-16-14-28(15-17-29)40-33(25-32(37-40)31-19-18-30(43-2)24-34(31)44-3)36(41)39-22-20-38(21-23-39)35(26-10-6-4-7-11-26)27-12-8-5-9-13-27/h4-19,24-25,35H,20-23H2,1-3H3. The summed E-state index contributed by atoms with van der Waals surface area (Å²) >= 11 is 0. The first-order valence-electron chi connectivity index (χ1n) is 14.7. The molecule has 1 aliphatic heterocycles. The van der Waals surface area contributed by atoms with Crippen LogP contribution < -0.4 is 14.2 Å². The van der Waals surface area contributed by atoms with E-state index in [-0.39, 0.29) is 11.9 Å². The van der Waals surface area contributed by atoms with Gasteiger partial charge in [0.25, 0.3) is 5.91 Å². The Labute approximate surface area is 258 Å². The van der Waals surface area contributed by atoms with Crippen molar-refractivity contribution in [2.24, 2.45) is 0 Å². The van der Waals surface area contributed by atoms with Crippen LogP contribution in [0, 0.1) is 0 Å². The van der Waals surface area contributed by atoms with Crippen LogP contribution in [-0.4, -0.2) is 73.0 Å². The van der Waals surface area contributed by atoms with Gasteiger partial charge in [-0.2, -0.15) is 5.10 Å². The Morgan fingerprint density at radius 2 is 1.27 bits per heavy atom. The predicted octanol–water partition coefficient (Wildman–Crippen LogP) is 6.11. The van der Waals surface area contributed by atoms with Crippen LogP contribution in [0.2, 0.25) is 0 Å². The van der Waals surface area contributed by atoms with Crippen molar-refractivity contribution in [1.82, 2.24) is 19.6 Å². The summed E-state index contributed by atoms with van der Waals surface area (Å²) in [6.45, 7) is 2.69. The number of amides is 1. The number of methoxy groups -OCH3 is 3. The number of nitrogens with zero attached hydrogens (tertiary/aromatic N) is 4. The van der Waals surface area contributed by atoms with Crippen LogP contribution in [0.15, 0.2) is 109 Å². The van der Waals surface area contributed by atoms with E-state index in [0.29, 0.717) is 36.0 Å². The molecule has 8 heteroatoms. The molecule has 0 bridgehead atoms. The van der Waals surface area contributed by atoms with Crippen molar-refractivity contribution in [2.45, 2.75) is 6.04 Å². The maximum Gasteiger partial charge on any atom is 0.272 e. The Morgan fingerprint density at radius 1 is 0.682 bits per heavy atom. The summed E-state index contributed by atoms with van der Waals surface area (Å²) in [6, 6.07) is 36.2. The molecule has 0 radical (unpaired) electrons. The summed E-state index contributed by atoms with van der Waals surface area (Å²) in [5.74, 6) is 1.96. The molecule has 0 spiro atoms. The quantitative estimate of drug-likeness (QED) is 0.207. The van der Waals surface area contributed by atoms with Crippen molar-refractivity contribution in [1.29, 1.82) is 0 Å². The molecule has 2 heterocycles. The van der Waals surface area contributed by atoms with Gasteiger partial charge in [0.15, 0.2) is 0 Å². The van der Waals surface area contributed by atoms with Gasteiger partial charge in [0, 0.05) is 37.8 Å². The third-order valence-corrected chi connectivity index (χ3v) is 8.13. The molecule has 4 aromatic carbocycles. The average Bonchev–Trinajstić information content (AvgIpc) is 3.54. The molecule has 0 unspecified atom stereocenters. The van der Waals surface area contributed by atoms with E-state index in [1.165, 1.54) is 11.1 Å². The summed E-state index contributed by atoms with van der Waals surface area (Å²) in [5.41, 5.74) is 5.14.